The van der Waals surface area contributed by atoms with Gasteiger partial charge in [0.1, 0.15) is 5.67 Å². The van der Waals surface area contributed by atoms with Crippen LogP contribution in [0.5, 0.6) is 0 Å². The molecule has 0 radical (unpaired) electrons. The van der Waals surface area contributed by atoms with Gasteiger partial charge in [0.05, 0.1) is 6.54 Å². The lowest BCUT2D eigenvalue weighted by atomic mass is 10.1. The standard InChI is InChI=1S/C11H14BrFN2/c12-9-1-3-10(4-2-9)15-8-11(13)5-6-14-7-11/h1-4,14-15H,5-8H2. The second-order valence-corrected chi connectivity index (χ2v) is 4.85. The molecule has 0 aromatic heterocycles. The molecule has 4 heteroatoms. The van der Waals surface area contributed by atoms with Gasteiger partial charge in [0, 0.05) is 16.7 Å². The van der Waals surface area contributed by atoms with Crippen molar-refractivity contribution in [3.8, 4) is 0 Å². The van der Waals surface area contributed by atoms with E-state index in [1.54, 1.807) is 0 Å². The van der Waals surface area contributed by atoms with E-state index >= 15 is 0 Å². The van der Waals surface area contributed by atoms with Gasteiger partial charge in [-0.05, 0) is 37.2 Å². The van der Waals surface area contributed by atoms with Crippen molar-refractivity contribution in [3.05, 3.63) is 28.7 Å². The van der Waals surface area contributed by atoms with Crippen molar-refractivity contribution in [2.45, 2.75) is 12.1 Å². The summed E-state index contributed by atoms with van der Waals surface area (Å²) in [7, 11) is 0. The minimum atomic E-state index is -1.09. The lowest BCUT2D eigenvalue weighted by Crippen LogP contribution is -2.34. The SMILES string of the molecule is FC1(CNc2ccc(Br)cc2)CCNC1. The number of rotatable bonds is 3. The number of anilines is 1. The van der Waals surface area contributed by atoms with Crippen LogP contribution < -0.4 is 10.6 Å². The second kappa shape index (κ2) is 4.49. The molecule has 0 amide bonds. The van der Waals surface area contributed by atoms with Crippen LogP contribution in [0.15, 0.2) is 28.7 Å². The summed E-state index contributed by atoms with van der Waals surface area (Å²) in [6.45, 7) is 1.61. The number of halogens is 2. The van der Waals surface area contributed by atoms with E-state index in [2.05, 4.69) is 26.6 Å². The van der Waals surface area contributed by atoms with Gasteiger partial charge in [0.2, 0.25) is 0 Å². The van der Waals surface area contributed by atoms with E-state index in [1.165, 1.54) is 0 Å². The summed E-state index contributed by atoms with van der Waals surface area (Å²) in [5.74, 6) is 0. The van der Waals surface area contributed by atoms with E-state index in [0.717, 1.165) is 16.7 Å². The van der Waals surface area contributed by atoms with E-state index in [0.29, 0.717) is 19.5 Å². The Morgan fingerprint density at radius 2 is 2.13 bits per heavy atom. The van der Waals surface area contributed by atoms with Crippen LogP contribution in [0.2, 0.25) is 0 Å². The molecule has 15 heavy (non-hydrogen) atoms. The molecule has 2 rings (SSSR count). The Balaban J connectivity index is 1.90. The van der Waals surface area contributed by atoms with Gasteiger partial charge in [-0.15, -0.1) is 0 Å². The maximum atomic E-state index is 13.9. The fourth-order valence-electron chi connectivity index (χ4n) is 1.69. The van der Waals surface area contributed by atoms with Crippen LogP contribution in [0.1, 0.15) is 6.42 Å². The van der Waals surface area contributed by atoms with Crippen molar-refractivity contribution in [2.24, 2.45) is 0 Å². The molecule has 1 aliphatic heterocycles. The molecular weight excluding hydrogens is 259 g/mol. The molecule has 2 N–H and O–H groups in total. The minimum Gasteiger partial charge on any atom is -0.382 e. The van der Waals surface area contributed by atoms with Crippen LogP contribution in [0.25, 0.3) is 0 Å². The van der Waals surface area contributed by atoms with Gasteiger partial charge in [0.15, 0.2) is 0 Å². The molecule has 2 nitrogen and oxygen atoms in total. The first-order chi connectivity index (χ1) is 7.18. The second-order valence-electron chi connectivity index (χ2n) is 3.94. The monoisotopic (exact) mass is 272 g/mol. The van der Waals surface area contributed by atoms with Crippen LogP contribution >= 0.6 is 15.9 Å². The normalized spacial score (nSPS) is 25.5. The highest BCUT2D eigenvalue weighted by Crippen LogP contribution is 2.21. The first-order valence-electron chi connectivity index (χ1n) is 5.07. The Labute approximate surface area is 97.4 Å². The summed E-state index contributed by atoms with van der Waals surface area (Å²) in [5.41, 5.74) is -0.130. The van der Waals surface area contributed by atoms with Crippen LogP contribution in [-0.4, -0.2) is 25.3 Å². The highest BCUT2D eigenvalue weighted by Gasteiger charge is 2.33. The zero-order chi connectivity index (χ0) is 10.7. The number of nitrogens with one attached hydrogen (secondary N) is 2. The van der Waals surface area contributed by atoms with E-state index in [4.69, 9.17) is 0 Å². The van der Waals surface area contributed by atoms with Gasteiger partial charge < -0.3 is 10.6 Å². The summed E-state index contributed by atoms with van der Waals surface area (Å²) in [6.07, 6.45) is 0.594. The van der Waals surface area contributed by atoms with Gasteiger partial charge in [-0.1, -0.05) is 15.9 Å². The zero-order valence-corrected chi connectivity index (χ0v) is 9.98. The number of hydrogen-bond acceptors (Lipinski definition) is 2. The summed E-state index contributed by atoms with van der Waals surface area (Å²) >= 11 is 3.36. The Morgan fingerprint density at radius 1 is 1.40 bits per heavy atom. The first kappa shape index (κ1) is 10.9. The summed E-state index contributed by atoms with van der Waals surface area (Å²) in [4.78, 5) is 0. The molecule has 0 bridgehead atoms. The minimum absolute atomic E-state index is 0.377. The molecule has 1 aromatic carbocycles. The van der Waals surface area contributed by atoms with Gasteiger partial charge in [-0.25, -0.2) is 4.39 Å². The van der Waals surface area contributed by atoms with Crippen molar-refractivity contribution in [1.29, 1.82) is 0 Å². The molecule has 1 saturated heterocycles. The summed E-state index contributed by atoms with van der Waals surface area (Å²) in [5, 5.41) is 6.15. The number of hydrogen-bond donors (Lipinski definition) is 2. The molecule has 1 fully saturated rings. The average Bonchev–Trinajstić information content (AvgIpc) is 2.65. The van der Waals surface area contributed by atoms with E-state index < -0.39 is 5.67 Å². The molecule has 0 saturated carbocycles. The molecular formula is C11H14BrFN2. The first-order valence-corrected chi connectivity index (χ1v) is 5.86. The highest BCUT2D eigenvalue weighted by molar-refractivity contribution is 9.10. The fraction of sp³-hybridized carbons (Fsp3) is 0.455. The molecule has 0 aliphatic carbocycles. The topological polar surface area (TPSA) is 24.1 Å². The maximum Gasteiger partial charge on any atom is 0.141 e. The summed E-state index contributed by atoms with van der Waals surface area (Å²) < 4.78 is 15.0. The van der Waals surface area contributed by atoms with Crippen LogP contribution in [0.4, 0.5) is 10.1 Å². The third-order valence-electron chi connectivity index (χ3n) is 2.65. The molecule has 82 valence electrons. The van der Waals surface area contributed by atoms with Crippen LogP contribution in [-0.2, 0) is 0 Å². The predicted octanol–water partition coefficient (Wildman–Crippen LogP) is 2.56. The fourth-order valence-corrected chi connectivity index (χ4v) is 1.96. The third kappa shape index (κ3) is 2.92. The Morgan fingerprint density at radius 3 is 2.73 bits per heavy atom. The third-order valence-corrected chi connectivity index (χ3v) is 3.17. The molecule has 1 heterocycles. The number of alkyl halides is 1. The predicted molar refractivity (Wildman–Crippen MR) is 64.0 cm³/mol. The van der Waals surface area contributed by atoms with Gasteiger partial charge in [-0.2, -0.15) is 0 Å². The smallest absolute Gasteiger partial charge is 0.141 e. The molecule has 0 spiro atoms. The quantitative estimate of drug-likeness (QED) is 0.884. The number of benzene rings is 1. The lowest BCUT2D eigenvalue weighted by molar-refractivity contribution is 0.208. The molecule has 1 aliphatic rings. The van der Waals surface area contributed by atoms with Crippen molar-refractivity contribution >= 4 is 21.6 Å². The highest BCUT2D eigenvalue weighted by atomic mass is 79.9. The van der Waals surface area contributed by atoms with Crippen molar-refractivity contribution in [2.75, 3.05) is 25.0 Å². The van der Waals surface area contributed by atoms with Crippen molar-refractivity contribution in [1.82, 2.24) is 5.32 Å². The Hall–Kier alpha value is -0.610. The molecule has 1 unspecified atom stereocenters. The zero-order valence-electron chi connectivity index (χ0n) is 8.39. The lowest BCUT2D eigenvalue weighted by Gasteiger charge is -2.19. The Kier molecular flexibility index (Phi) is 3.26. The van der Waals surface area contributed by atoms with Crippen LogP contribution in [0.3, 0.4) is 0 Å². The van der Waals surface area contributed by atoms with Crippen molar-refractivity contribution < 1.29 is 4.39 Å². The van der Waals surface area contributed by atoms with Gasteiger partial charge >= 0.3 is 0 Å². The molecule has 1 atom stereocenters. The van der Waals surface area contributed by atoms with Crippen molar-refractivity contribution in [3.63, 3.8) is 0 Å². The largest absolute Gasteiger partial charge is 0.382 e. The van der Waals surface area contributed by atoms with Gasteiger partial charge in [0.25, 0.3) is 0 Å². The van der Waals surface area contributed by atoms with Gasteiger partial charge in [-0.3, -0.25) is 0 Å². The van der Waals surface area contributed by atoms with E-state index in [-0.39, 0.29) is 0 Å². The molecule has 1 aromatic rings. The van der Waals surface area contributed by atoms with Crippen LogP contribution in [0, 0.1) is 0 Å². The summed E-state index contributed by atoms with van der Waals surface area (Å²) in [6, 6.07) is 7.77. The average molecular weight is 273 g/mol. The Bertz CT molecular complexity index is 320. The maximum absolute atomic E-state index is 13.9. The van der Waals surface area contributed by atoms with E-state index in [9.17, 15) is 4.39 Å². The van der Waals surface area contributed by atoms with E-state index in [1.807, 2.05) is 24.3 Å².